The SMILES string of the molecule is COc1cccc(C(=O)N2CCN(CCC(=O)Nc3ccccc3)CC2)c1. The van der Waals surface area contributed by atoms with Crippen LogP contribution in [0.1, 0.15) is 16.8 Å². The Labute approximate surface area is 159 Å². The van der Waals surface area contributed by atoms with E-state index < -0.39 is 0 Å². The number of rotatable bonds is 6. The van der Waals surface area contributed by atoms with Gasteiger partial charge in [-0.05, 0) is 30.3 Å². The predicted molar refractivity (Wildman–Crippen MR) is 105 cm³/mol. The molecule has 1 aliphatic rings. The third-order valence-corrected chi connectivity index (χ3v) is 4.69. The van der Waals surface area contributed by atoms with Gasteiger partial charge < -0.3 is 15.0 Å². The van der Waals surface area contributed by atoms with Gasteiger partial charge >= 0.3 is 0 Å². The van der Waals surface area contributed by atoms with Crippen LogP contribution < -0.4 is 10.1 Å². The number of nitrogens with zero attached hydrogens (tertiary/aromatic N) is 2. The fraction of sp³-hybridized carbons (Fsp3) is 0.333. The Balaban J connectivity index is 1.43. The van der Waals surface area contributed by atoms with Gasteiger partial charge in [0.2, 0.25) is 5.91 Å². The Morgan fingerprint density at radius 2 is 1.74 bits per heavy atom. The summed E-state index contributed by atoms with van der Waals surface area (Å²) in [6.07, 6.45) is 0.443. The lowest BCUT2D eigenvalue weighted by atomic mass is 10.1. The molecule has 1 N–H and O–H groups in total. The van der Waals surface area contributed by atoms with E-state index in [1.165, 1.54) is 0 Å². The van der Waals surface area contributed by atoms with Crippen LogP contribution in [0, 0.1) is 0 Å². The van der Waals surface area contributed by atoms with Gasteiger partial charge in [-0.2, -0.15) is 0 Å². The van der Waals surface area contributed by atoms with E-state index in [-0.39, 0.29) is 11.8 Å². The van der Waals surface area contributed by atoms with Crippen molar-refractivity contribution in [2.75, 3.05) is 45.2 Å². The topological polar surface area (TPSA) is 61.9 Å². The number of hydrogen-bond acceptors (Lipinski definition) is 4. The monoisotopic (exact) mass is 367 g/mol. The van der Waals surface area contributed by atoms with Gasteiger partial charge in [0.25, 0.3) is 5.91 Å². The van der Waals surface area contributed by atoms with Crippen molar-refractivity contribution >= 4 is 17.5 Å². The van der Waals surface area contributed by atoms with E-state index in [9.17, 15) is 9.59 Å². The number of piperazine rings is 1. The molecule has 0 unspecified atom stereocenters. The second kappa shape index (κ2) is 9.19. The number of hydrogen-bond donors (Lipinski definition) is 1. The lowest BCUT2D eigenvalue weighted by Gasteiger charge is -2.34. The van der Waals surface area contributed by atoms with Gasteiger partial charge in [0, 0.05) is 50.4 Å². The van der Waals surface area contributed by atoms with Gasteiger partial charge in [-0.3, -0.25) is 14.5 Å². The van der Waals surface area contributed by atoms with Crippen molar-refractivity contribution in [2.45, 2.75) is 6.42 Å². The first-order valence-electron chi connectivity index (χ1n) is 9.16. The standard InChI is InChI=1S/C21H25N3O3/c1-27-19-9-5-6-17(16-19)21(26)24-14-12-23(13-15-24)11-10-20(25)22-18-7-3-2-4-8-18/h2-9,16H,10-15H2,1H3,(H,22,25). The molecule has 1 saturated heterocycles. The number of anilines is 1. The second-order valence-corrected chi connectivity index (χ2v) is 6.53. The Kier molecular flexibility index (Phi) is 6.44. The van der Waals surface area contributed by atoms with Gasteiger partial charge in [-0.25, -0.2) is 0 Å². The first-order valence-corrected chi connectivity index (χ1v) is 9.16. The molecule has 0 aliphatic carbocycles. The molecule has 2 aromatic carbocycles. The molecule has 6 heteroatoms. The summed E-state index contributed by atoms with van der Waals surface area (Å²) in [6, 6.07) is 16.7. The zero-order valence-corrected chi connectivity index (χ0v) is 15.6. The molecule has 27 heavy (non-hydrogen) atoms. The highest BCUT2D eigenvalue weighted by Gasteiger charge is 2.22. The van der Waals surface area contributed by atoms with Crippen molar-refractivity contribution in [3.8, 4) is 5.75 Å². The summed E-state index contributed by atoms with van der Waals surface area (Å²) >= 11 is 0. The second-order valence-electron chi connectivity index (χ2n) is 6.53. The van der Waals surface area contributed by atoms with Gasteiger partial charge in [-0.15, -0.1) is 0 Å². The number of ether oxygens (including phenoxy) is 1. The Hall–Kier alpha value is -2.86. The Morgan fingerprint density at radius 3 is 2.44 bits per heavy atom. The molecule has 1 aliphatic heterocycles. The molecule has 6 nitrogen and oxygen atoms in total. The molecule has 1 heterocycles. The molecule has 0 radical (unpaired) electrons. The highest BCUT2D eigenvalue weighted by molar-refractivity contribution is 5.94. The summed E-state index contributed by atoms with van der Waals surface area (Å²) in [5.41, 5.74) is 1.46. The summed E-state index contributed by atoms with van der Waals surface area (Å²) < 4.78 is 5.19. The molecule has 0 saturated carbocycles. The maximum absolute atomic E-state index is 12.6. The van der Waals surface area contributed by atoms with Crippen molar-refractivity contribution in [2.24, 2.45) is 0 Å². The first kappa shape index (κ1) is 18.9. The van der Waals surface area contributed by atoms with Gasteiger partial charge in [0.15, 0.2) is 0 Å². The highest BCUT2D eigenvalue weighted by atomic mass is 16.5. The van der Waals surface area contributed by atoms with Gasteiger partial charge in [-0.1, -0.05) is 24.3 Å². The van der Waals surface area contributed by atoms with Crippen molar-refractivity contribution in [1.29, 1.82) is 0 Å². The molecule has 0 aromatic heterocycles. The zero-order chi connectivity index (χ0) is 19.1. The number of nitrogens with one attached hydrogen (secondary N) is 1. The Bertz CT molecular complexity index is 771. The predicted octanol–water partition coefficient (Wildman–Crippen LogP) is 2.48. The first-order chi connectivity index (χ1) is 13.2. The van der Waals surface area contributed by atoms with E-state index in [0.717, 1.165) is 18.8 Å². The molecule has 2 amide bonds. The van der Waals surface area contributed by atoms with Crippen molar-refractivity contribution in [3.05, 3.63) is 60.2 Å². The minimum atomic E-state index is 0.0103. The van der Waals surface area contributed by atoms with Crippen LogP contribution in [-0.4, -0.2) is 61.4 Å². The van der Waals surface area contributed by atoms with E-state index in [1.54, 1.807) is 13.2 Å². The third-order valence-electron chi connectivity index (χ3n) is 4.69. The smallest absolute Gasteiger partial charge is 0.254 e. The van der Waals surface area contributed by atoms with Crippen molar-refractivity contribution in [3.63, 3.8) is 0 Å². The molecule has 1 fully saturated rings. The largest absolute Gasteiger partial charge is 0.497 e. The molecule has 2 aromatic rings. The van der Waals surface area contributed by atoms with Crippen LogP contribution >= 0.6 is 0 Å². The van der Waals surface area contributed by atoms with E-state index >= 15 is 0 Å². The summed E-state index contributed by atoms with van der Waals surface area (Å²) in [6.45, 7) is 3.56. The van der Waals surface area contributed by atoms with Crippen LogP contribution in [0.15, 0.2) is 54.6 Å². The molecule has 0 spiro atoms. The molecular weight excluding hydrogens is 342 g/mol. The fourth-order valence-electron chi connectivity index (χ4n) is 3.12. The minimum absolute atomic E-state index is 0.0103. The van der Waals surface area contributed by atoms with E-state index in [1.807, 2.05) is 53.4 Å². The molecule has 0 atom stereocenters. The number of amides is 2. The van der Waals surface area contributed by atoms with Crippen LogP contribution in [0.2, 0.25) is 0 Å². The number of para-hydroxylation sites is 1. The highest BCUT2D eigenvalue weighted by Crippen LogP contribution is 2.15. The average Bonchev–Trinajstić information content (AvgIpc) is 2.73. The average molecular weight is 367 g/mol. The molecule has 142 valence electrons. The van der Waals surface area contributed by atoms with Crippen LogP contribution in [0.4, 0.5) is 5.69 Å². The number of methoxy groups -OCH3 is 1. The molecular formula is C21H25N3O3. The Morgan fingerprint density at radius 1 is 1.00 bits per heavy atom. The van der Waals surface area contributed by atoms with Crippen molar-refractivity contribution < 1.29 is 14.3 Å². The van der Waals surface area contributed by atoms with Crippen LogP contribution in [-0.2, 0) is 4.79 Å². The van der Waals surface area contributed by atoms with Crippen molar-refractivity contribution in [1.82, 2.24) is 9.80 Å². The van der Waals surface area contributed by atoms with E-state index in [4.69, 9.17) is 4.74 Å². The van der Waals surface area contributed by atoms with E-state index in [0.29, 0.717) is 37.4 Å². The summed E-state index contributed by atoms with van der Waals surface area (Å²) in [7, 11) is 1.59. The van der Waals surface area contributed by atoms with Crippen LogP contribution in [0.5, 0.6) is 5.75 Å². The molecule has 0 bridgehead atoms. The number of benzene rings is 2. The molecule has 3 rings (SSSR count). The minimum Gasteiger partial charge on any atom is -0.497 e. The van der Waals surface area contributed by atoms with E-state index in [2.05, 4.69) is 10.2 Å². The third kappa shape index (κ3) is 5.31. The summed E-state index contributed by atoms with van der Waals surface area (Å²) in [5.74, 6) is 0.718. The maximum atomic E-state index is 12.6. The lowest BCUT2D eigenvalue weighted by molar-refractivity contribution is -0.116. The zero-order valence-electron chi connectivity index (χ0n) is 15.6. The fourth-order valence-corrected chi connectivity index (χ4v) is 3.12. The number of carbonyl (C=O) groups excluding carboxylic acids is 2. The van der Waals surface area contributed by atoms with Gasteiger partial charge in [0.05, 0.1) is 7.11 Å². The quantitative estimate of drug-likeness (QED) is 0.852. The van der Waals surface area contributed by atoms with Crippen LogP contribution in [0.25, 0.3) is 0 Å². The lowest BCUT2D eigenvalue weighted by Crippen LogP contribution is -2.49. The number of carbonyl (C=O) groups is 2. The normalized spacial score (nSPS) is 14.6. The van der Waals surface area contributed by atoms with Gasteiger partial charge in [0.1, 0.15) is 5.75 Å². The summed E-state index contributed by atoms with van der Waals surface area (Å²) in [5, 5.41) is 2.90. The summed E-state index contributed by atoms with van der Waals surface area (Å²) in [4.78, 5) is 28.8. The van der Waals surface area contributed by atoms with Crippen LogP contribution in [0.3, 0.4) is 0 Å². The maximum Gasteiger partial charge on any atom is 0.254 e.